The van der Waals surface area contributed by atoms with Gasteiger partial charge in [0.25, 0.3) is 0 Å². The molecule has 3 heteroatoms. The van der Waals surface area contributed by atoms with E-state index in [1.807, 2.05) is 6.92 Å². The smallest absolute Gasteiger partial charge is 0.323 e. The van der Waals surface area contributed by atoms with Crippen molar-refractivity contribution in [1.29, 1.82) is 0 Å². The van der Waals surface area contributed by atoms with Gasteiger partial charge in [0, 0.05) is 6.04 Å². The van der Waals surface area contributed by atoms with Crippen LogP contribution in [-0.4, -0.2) is 22.7 Å². The SMILES string of the molecule is CCCCCCCC(C)(NC1CC1)C(=O)O. The number of hydrogen-bond donors (Lipinski definition) is 2. The zero-order valence-electron chi connectivity index (χ0n) is 10.6. The third-order valence-corrected chi connectivity index (χ3v) is 3.35. The summed E-state index contributed by atoms with van der Waals surface area (Å²) in [5, 5.41) is 12.5. The van der Waals surface area contributed by atoms with Crippen molar-refractivity contribution in [3.63, 3.8) is 0 Å². The Bertz CT molecular complexity index is 226. The molecule has 1 aliphatic rings. The highest BCUT2D eigenvalue weighted by molar-refractivity contribution is 5.78. The number of unbranched alkanes of at least 4 members (excludes halogenated alkanes) is 4. The van der Waals surface area contributed by atoms with Crippen molar-refractivity contribution in [2.75, 3.05) is 0 Å². The van der Waals surface area contributed by atoms with Crippen LogP contribution in [0.5, 0.6) is 0 Å². The molecule has 0 aromatic rings. The first kappa shape index (κ1) is 13.5. The molecule has 0 amide bonds. The van der Waals surface area contributed by atoms with E-state index in [9.17, 15) is 9.90 Å². The zero-order valence-corrected chi connectivity index (χ0v) is 10.6. The van der Waals surface area contributed by atoms with Crippen LogP contribution < -0.4 is 5.32 Å². The van der Waals surface area contributed by atoms with E-state index >= 15 is 0 Å². The normalized spacial score (nSPS) is 19.4. The van der Waals surface area contributed by atoms with Crippen LogP contribution in [0, 0.1) is 0 Å². The maximum atomic E-state index is 11.2. The van der Waals surface area contributed by atoms with Gasteiger partial charge >= 0.3 is 5.97 Å². The second-order valence-corrected chi connectivity index (χ2v) is 5.22. The van der Waals surface area contributed by atoms with Crippen LogP contribution in [0.3, 0.4) is 0 Å². The lowest BCUT2D eigenvalue weighted by Gasteiger charge is -2.26. The molecule has 0 saturated heterocycles. The van der Waals surface area contributed by atoms with Crippen molar-refractivity contribution in [2.45, 2.75) is 76.8 Å². The van der Waals surface area contributed by atoms with E-state index < -0.39 is 11.5 Å². The molecular formula is C13H25NO2. The summed E-state index contributed by atoms with van der Waals surface area (Å²) in [5.41, 5.74) is -0.701. The Morgan fingerprint density at radius 2 is 1.94 bits per heavy atom. The molecular weight excluding hydrogens is 202 g/mol. The van der Waals surface area contributed by atoms with Gasteiger partial charge in [0.15, 0.2) is 0 Å². The first-order valence-corrected chi connectivity index (χ1v) is 6.59. The van der Waals surface area contributed by atoms with Crippen molar-refractivity contribution in [3.8, 4) is 0 Å². The number of carbonyl (C=O) groups is 1. The number of carboxylic acid groups (broad SMARTS) is 1. The summed E-state index contributed by atoms with van der Waals surface area (Å²) >= 11 is 0. The minimum absolute atomic E-state index is 0.455. The highest BCUT2D eigenvalue weighted by Gasteiger charge is 2.37. The molecule has 0 aliphatic heterocycles. The Hall–Kier alpha value is -0.570. The van der Waals surface area contributed by atoms with Gasteiger partial charge in [0.1, 0.15) is 5.54 Å². The largest absolute Gasteiger partial charge is 0.480 e. The molecule has 1 aliphatic carbocycles. The highest BCUT2D eigenvalue weighted by Crippen LogP contribution is 2.25. The lowest BCUT2D eigenvalue weighted by Crippen LogP contribution is -2.50. The average molecular weight is 227 g/mol. The van der Waals surface area contributed by atoms with Crippen LogP contribution in [0.15, 0.2) is 0 Å². The van der Waals surface area contributed by atoms with Gasteiger partial charge in [0.2, 0.25) is 0 Å². The van der Waals surface area contributed by atoms with Crippen molar-refractivity contribution in [1.82, 2.24) is 5.32 Å². The minimum atomic E-state index is -0.701. The third kappa shape index (κ3) is 4.52. The number of rotatable bonds is 9. The molecule has 1 atom stereocenters. The maximum absolute atomic E-state index is 11.2. The average Bonchev–Trinajstić information content (AvgIpc) is 3.01. The molecule has 0 bridgehead atoms. The van der Waals surface area contributed by atoms with E-state index in [4.69, 9.17) is 0 Å². The van der Waals surface area contributed by atoms with Crippen LogP contribution in [0.1, 0.15) is 65.2 Å². The van der Waals surface area contributed by atoms with E-state index in [0.29, 0.717) is 6.04 Å². The van der Waals surface area contributed by atoms with Gasteiger partial charge in [-0.1, -0.05) is 39.0 Å². The fourth-order valence-corrected chi connectivity index (χ4v) is 2.00. The van der Waals surface area contributed by atoms with Crippen LogP contribution in [0.2, 0.25) is 0 Å². The van der Waals surface area contributed by atoms with E-state index in [1.54, 1.807) is 0 Å². The van der Waals surface area contributed by atoms with Gasteiger partial charge in [-0.3, -0.25) is 10.1 Å². The standard InChI is InChI=1S/C13H25NO2/c1-3-4-5-6-7-10-13(2,12(15)16)14-11-8-9-11/h11,14H,3-10H2,1-2H3,(H,15,16). The number of nitrogens with one attached hydrogen (secondary N) is 1. The number of aliphatic carboxylic acids is 1. The Kier molecular flexibility index (Phi) is 5.26. The van der Waals surface area contributed by atoms with E-state index in [-0.39, 0.29) is 0 Å². The van der Waals surface area contributed by atoms with E-state index in [2.05, 4.69) is 12.2 Å². The predicted octanol–water partition coefficient (Wildman–Crippen LogP) is 2.94. The molecule has 0 heterocycles. The lowest BCUT2D eigenvalue weighted by molar-refractivity contribution is -0.144. The molecule has 0 aromatic heterocycles. The monoisotopic (exact) mass is 227 g/mol. The van der Waals surface area contributed by atoms with Crippen molar-refractivity contribution < 1.29 is 9.90 Å². The van der Waals surface area contributed by atoms with Gasteiger partial charge in [-0.25, -0.2) is 0 Å². The molecule has 0 spiro atoms. The van der Waals surface area contributed by atoms with Crippen molar-refractivity contribution in [3.05, 3.63) is 0 Å². The minimum Gasteiger partial charge on any atom is -0.480 e. The highest BCUT2D eigenvalue weighted by atomic mass is 16.4. The predicted molar refractivity (Wildman–Crippen MR) is 65.6 cm³/mol. The van der Waals surface area contributed by atoms with Crippen LogP contribution >= 0.6 is 0 Å². The zero-order chi connectivity index (χ0) is 12.0. The van der Waals surface area contributed by atoms with Gasteiger partial charge < -0.3 is 5.11 Å². The first-order chi connectivity index (χ1) is 7.58. The summed E-state index contributed by atoms with van der Waals surface area (Å²) in [7, 11) is 0. The van der Waals surface area contributed by atoms with Gasteiger partial charge in [-0.2, -0.15) is 0 Å². The molecule has 94 valence electrons. The van der Waals surface area contributed by atoms with E-state index in [0.717, 1.165) is 32.1 Å². The molecule has 0 radical (unpaired) electrons. The summed E-state index contributed by atoms with van der Waals surface area (Å²) in [6.07, 6.45) is 8.93. The molecule has 16 heavy (non-hydrogen) atoms. The summed E-state index contributed by atoms with van der Waals surface area (Å²) < 4.78 is 0. The fraction of sp³-hybridized carbons (Fsp3) is 0.923. The van der Waals surface area contributed by atoms with Crippen molar-refractivity contribution >= 4 is 5.97 Å². The Morgan fingerprint density at radius 3 is 2.44 bits per heavy atom. The maximum Gasteiger partial charge on any atom is 0.323 e. The number of hydrogen-bond acceptors (Lipinski definition) is 2. The second kappa shape index (κ2) is 6.24. The van der Waals surface area contributed by atoms with Crippen LogP contribution in [0.4, 0.5) is 0 Å². The quantitative estimate of drug-likeness (QED) is 0.595. The summed E-state index contributed by atoms with van der Waals surface area (Å²) in [5.74, 6) is -0.699. The Morgan fingerprint density at radius 1 is 1.31 bits per heavy atom. The second-order valence-electron chi connectivity index (χ2n) is 5.22. The fourth-order valence-electron chi connectivity index (χ4n) is 2.00. The molecule has 1 saturated carbocycles. The Balaban J connectivity index is 2.23. The first-order valence-electron chi connectivity index (χ1n) is 6.59. The summed E-state index contributed by atoms with van der Waals surface area (Å²) in [4.78, 5) is 11.2. The summed E-state index contributed by atoms with van der Waals surface area (Å²) in [6.45, 7) is 4.02. The Labute approximate surface area is 98.6 Å². The number of carboxylic acids is 1. The van der Waals surface area contributed by atoms with Crippen LogP contribution in [-0.2, 0) is 4.79 Å². The van der Waals surface area contributed by atoms with Gasteiger partial charge in [-0.05, 0) is 26.2 Å². The lowest BCUT2D eigenvalue weighted by atomic mass is 9.94. The van der Waals surface area contributed by atoms with Crippen molar-refractivity contribution in [2.24, 2.45) is 0 Å². The summed E-state index contributed by atoms with van der Waals surface area (Å²) in [6, 6.07) is 0.455. The molecule has 1 fully saturated rings. The topological polar surface area (TPSA) is 49.3 Å². The van der Waals surface area contributed by atoms with Crippen LogP contribution in [0.25, 0.3) is 0 Å². The molecule has 0 aromatic carbocycles. The third-order valence-electron chi connectivity index (χ3n) is 3.35. The molecule has 2 N–H and O–H groups in total. The van der Waals surface area contributed by atoms with Gasteiger partial charge in [-0.15, -0.1) is 0 Å². The molecule has 1 unspecified atom stereocenters. The van der Waals surface area contributed by atoms with Gasteiger partial charge in [0.05, 0.1) is 0 Å². The molecule has 1 rings (SSSR count). The van der Waals surface area contributed by atoms with E-state index in [1.165, 1.54) is 19.3 Å². The molecule has 3 nitrogen and oxygen atoms in total.